The molecule has 14 heavy (non-hydrogen) atoms. The van der Waals surface area contributed by atoms with Crippen LogP contribution in [-0.4, -0.2) is 27.5 Å². The van der Waals surface area contributed by atoms with Gasteiger partial charge in [-0.05, 0) is 19.8 Å². The van der Waals surface area contributed by atoms with E-state index >= 15 is 0 Å². The molecule has 82 valence electrons. The van der Waals surface area contributed by atoms with Crippen LogP contribution in [0.15, 0.2) is 11.6 Å². The van der Waals surface area contributed by atoms with Gasteiger partial charge >= 0.3 is 13.8 Å². The van der Waals surface area contributed by atoms with E-state index in [1.807, 2.05) is 0 Å². The Labute approximate surface area is 81.4 Å². The van der Waals surface area contributed by atoms with Gasteiger partial charge in [0.15, 0.2) is 0 Å². The highest BCUT2D eigenvalue weighted by Crippen LogP contribution is 2.36. The average Bonchev–Trinajstić information content (AvgIpc) is 2.01. The van der Waals surface area contributed by atoms with Gasteiger partial charge in [-0.2, -0.15) is 0 Å². The molecule has 0 unspecified atom stereocenters. The highest BCUT2D eigenvalue weighted by atomic mass is 31.2. The van der Waals surface area contributed by atoms with Gasteiger partial charge in [0.2, 0.25) is 0 Å². The minimum Gasteiger partial charge on any atom is -0.396 e. The van der Waals surface area contributed by atoms with Gasteiger partial charge in [0, 0.05) is 12.2 Å². The van der Waals surface area contributed by atoms with Gasteiger partial charge in [0.25, 0.3) is 0 Å². The van der Waals surface area contributed by atoms with E-state index < -0.39 is 13.8 Å². The van der Waals surface area contributed by atoms with E-state index in [0.717, 1.165) is 0 Å². The van der Waals surface area contributed by atoms with Crippen LogP contribution in [0.25, 0.3) is 0 Å². The lowest BCUT2D eigenvalue weighted by molar-refractivity contribution is -0.131. The maximum atomic E-state index is 10.9. The quantitative estimate of drug-likeness (QED) is 0.353. The van der Waals surface area contributed by atoms with Crippen LogP contribution in [0.4, 0.5) is 0 Å². The Morgan fingerprint density at radius 3 is 2.50 bits per heavy atom. The topological polar surface area (TPSA) is 104 Å². The van der Waals surface area contributed by atoms with E-state index in [1.165, 1.54) is 13.0 Å². The molecule has 0 saturated carbocycles. The Bertz CT molecular complexity index is 265. The SMILES string of the molecule is CC(=CCCCO)C(=O)OP(=O)(O)O. The van der Waals surface area contributed by atoms with Crippen molar-refractivity contribution in [3.8, 4) is 0 Å². The molecule has 7 heteroatoms. The van der Waals surface area contributed by atoms with E-state index in [0.29, 0.717) is 12.8 Å². The maximum Gasteiger partial charge on any atom is 0.527 e. The van der Waals surface area contributed by atoms with E-state index in [-0.39, 0.29) is 12.2 Å². The number of rotatable bonds is 5. The molecule has 0 amide bonds. The molecule has 0 saturated heterocycles. The molecule has 0 spiro atoms. The lowest BCUT2D eigenvalue weighted by atomic mass is 10.2. The fraction of sp³-hybridized carbons (Fsp3) is 0.571. The first kappa shape index (κ1) is 13.3. The average molecular weight is 224 g/mol. The predicted octanol–water partition coefficient (Wildman–Crippen LogP) is 0.341. The number of unbranched alkanes of at least 4 members (excludes halogenated alkanes) is 1. The molecule has 0 heterocycles. The van der Waals surface area contributed by atoms with Crippen molar-refractivity contribution in [3.63, 3.8) is 0 Å². The first-order chi connectivity index (χ1) is 6.37. The van der Waals surface area contributed by atoms with Crippen molar-refractivity contribution in [2.75, 3.05) is 6.61 Å². The second-order valence-electron chi connectivity index (χ2n) is 2.62. The summed E-state index contributed by atoms with van der Waals surface area (Å²) in [5.41, 5.74) is 0.113. The summed E-state index contributed by atoms with van der Waals surface area (Å²) in [6.45, 7) is 1.38. The van der Waals surface area contributed by atoms with Crippen molar-refractivity contribution >= 4 is 13.8 Å². The van der Waals surface area contributed by atoms with Crippen LogP contribution in [0, 0.1) is 0 Å². The van der Waals surface area contributed by atoms with Crippen molar-refractivity contribution in [3.05, 3.63) is 11.6 Å². The van der Waals surface area contributed by atoms with Crippen LogP contribution in [0.3, 0.4) is 0 Å². The number of aliphatic hydroxyl groups excluding tert-OH is 1. The third-order valence-electron chi connectivity index (χ3n) is 1.34. The summed E-state index contributed by atoms with van der Waals surface area (Å²) in [7, 11) is -4.75. The number of phosphoric ester groups is 1. The van der Waals surface area contributed by atoms with Gasteiger partial charge < -0.3 is 9.63 Å². The molecule has 3 N–H and O–H groups in total. The van der Waals surface area contributed by atoms with Crippen molar-refractivity contribution in [1.82, 2.24) is 0 Å². The van der Waals surface area contributed by atoms with E-state index in [1.54, 1.807) is 0 Å². The number of hydrogen-bond acceptors (Lipinski definition) is 4. The summed E-state index contributed by atoms with van der Waals surface area (Å²) in [6.07, 6.45) is 2.40. The first-order valence-corrected chi connectivity index (χ1v) is 5.47. The Morgan fingerprint density at radius 1 is 1.50 bits per heavy atom. The molecule has 0 fully saturated rings. The predicted molar refractivity (Wildman–Crippen MR) is 48.2 cm³/mol. The largest absolute Gasteiger partial charge is 0.527 e. The zero-order valence-corrected chi connectivity index (χ0v) is 8.61. The Balaban J connectivity index is 4.12. The smallest absolute Gasteiger partial charge is 0.396 e. The number of carbonyl (C=O) groups is 1. The summed E-state index contributed by atoms with van der Waals surface area (Å²) >= 11 is 0. The number of allylic oxidation sites excluding steroid dienone is 1. The van der Waals surface area contributed by atoms with Crippen LogP contribution >= 0.6 is 7.82 Å². The summed E-state index contributed by atoms with van der Waals surface area (Å²) < 4.78 is 14.1. The fourth-order valence-corrected chi connectivity index (χ4v) is 1.03. The number of carbonyl (C=O) groups excluding carboxylic acids is 1. The van der Waals surface area contributed by atoms with E-state index in [2.05, 4.69) is 4.52 Å². The molecule has 0 rings (SSSR count). The molecule has 0 aromatic rings. The van der Waals surface area contributed by atoms with Gasteiger partial charge in [0.1, 0.15) is 0 Å². The molecule has 6 nitrogen and oxygen atoms in total. The molecule has 0 aliphatic rings. The van der Waals surface area contributed by atoms with Crippen LogP contribution < -0.4 is 0 Å². The van der Waals surface area contributed by atoms with Crippen LogP contribution in [0.5, 0.6) is 0 Å². The van der Waals surface area contributed by atoms with Crippen LogP contribution in [-0.2, 0) is 13.9 Å². The minimum atomic E-state index is -4.75. The zero-order chi connectivity index (χ0) is 11.2. The number of phosphoric acid groups is 1. The molecule has 0 atom stereocenters. The molecule has 0 aromatic heterocycles. The minimum absolute atomic E-state index is 0.00266. The highest BCUT2D eigenvalue weighted by Gasteiger charge is 2.20. The van der Waals surface area contributed by atoms with Crippen molar-refractivity contribution in [1.29, 1.82) is 0 Å². The monoisotopic (exact) mass is 224 g/mol. The lowest BCUT2D eigenvalue weighted by Crippen LogP contribution is -2.03. The van der Waals surface area contributed by atoms with Gasteiger partial charge in [-0.1, -0.05) is 6.08 Å². The highest BCUT2D eigenvalue weighted by molar-refractivity contribution is 7.46. The van der Waals surface area contributed by atoms with Crippen LogP contribution in [0.2, 0.25) is 0 Å². The second-order valence-corrected chi connectivity index (χ2v) is 3.79. The number of aliphatic hydroxyl groups is 1. The lowest BCUT2D eigenvalue weighted by Gasteiger charge is -2.04. The maximum absolute atomic E-state index is 10.9. The van der Waals surface area contributed by atoms with Crippen molar-refractivity contribution < 1.29 is 28.8 Å². The number of hydrogen-bond donors (Lipinski definition) is 3. The van der Waals surface area contributed by atoms with E-state index in [4.69, 9.17) is 14.9 Å². The second kappa shape index (κ2) is 5.93. The zero-order valence-electron chi connectivity index (χ0n) is 7.71. The normalized spacial score (nSPS) is 12.7. The van der Waals surface area contributed by atoms with Gasteiger partial charge in [-0.15, -0.1) is 0 Å². The summed E-state index contributed by atoms with van der Waals surface area (Å²) in [5.74, 6) is -1.05. The van der Waals surface area contributed by atoms with Gasteiger partial charge in [-0.3, -0.25) is 9.79 Å². The third-order valence-corrected chi connectivity index (χ3v) is 1.74. The molecule has 0 aliphatic heterocycles. The summed E-state index contributed by atoms with van der Waals surface area (Å²) in [4.78, 5) is 27.5. The first-order valence-electron chi connectivity index (χ1n) is 3.94. The summed E-state index contributed by atoms with van der Waals surface area (Å²) in [5, 5.41) is 8.43. The van der Waals surface area contributed by atoms with Gasteiger partial charge in [-0.25, -0.2) is 9.36 Å². The summed E-state index contributed by atoms with van der Waals surface area (Å²) in [6, 6.07) is 0. The molecule has 0 aliphatic carbocycles. The molecular formula is C7H13O6P. The Morgan fingerprint density at radius 2 is 2.07 bits per heavy atom. The van der Waals surface area contributed by atoms with Crippen molar-refractivity contribution in [2.24, 2.45) is 0 Å². The fourth-order valence-electron chi connectivity index (χ4n) is 0.673. The van der Waals surface area contributed by atoms with Crippen LogP contribution in [0.1, 0.15) is 19.8 Å². The Kier molecular flexibility index (Phi) is 5.64. The van der Waals surface area contributed by atoms with Crippen molar-refractivity contribution in [2.45, 2.75) is 19.8 Å². The standard InChI is InChI=1S/C7H13O6P/c1-6(4-2-3-5-8)7(9)13-14(10,11)12/h4,8H,2-3,5H2,1H3,(H2,10,11,12). The van der Waals surface area contributed by atoms with Gasteiger partial charge in [0.05, 0.1) is 0 Å². The molecule has 0 aromatic carbocycles. The molecular weight excluding hydrogens is 211 g/mol. The molecule has 0 radical (unpaired) electrons. The Hall–Kier alpha value is -0.680. The van der Waals surface area contributed by atoms with E-state index in [9.17, 15) is 9.36 Å². The molecule has 0 bridgehead atoms. The third kappa shape index (κ3) is 6.80.